The van der Waals surface area contributed by atoms with Crippen molar-refractivity contribution in [3.8, 4) is 17.1 Å². The summed E-state index contributed by atoms with van der Waals surface area (Å²) >= 11 is 3.38. The van der Waals surface area contributed by atoms with E-state index in [1.165, 1.54) is 18.3 Å². The van der Waals surface area contributed by atoms with E-state index in [4.69, 9.17) is 9.15 Å². The predicted octanol–water partition coefficient (Wildman–Crippen LogP) is 4.45. The Morgan fingerprint density at radius 3 is 2.86 bits per heavy atom. The fourth-order valence-corrected chi connectivity index (χ4v) is 3.02. The average molecular weight is 458 g/mol. The summed E-state index contributed by atoms with van der Waals surface area (Å²) in [6.07, 6.45) is 1.33. The molecule has 3 aromatic rings. The Bertz CT molecular complexity index is 1080. The molecule has 0 saturated heterocycles. The van der Waals surface area contributed by atoms with Crippen molar-refractivity contribution in [2.45, 2.75) is 6.92 Å². The molecule has 0 aliphatic rings. The van der Waals surface area contributed by atoms with Crippen LogP contribution in [0.4, 0.5) is 5.69 Å². The number of aryl methyl sites for hydroxylation is 1. The zero-order chi connectivity index (χ0) is 20.8. The molecule has 0 spiro atoms. The maximum absolute atomic E-state index is 11.9. The molecule has 1 amide bonds. The number of ether oxygens (including phenoxy) is 1. The lowest BCUT2D eigenvalue weighted by molar-refractivity contribution is -0.384. The molecule has 0 unspecified atom stereocenters. The van der Waals surface area contributed by atoms with Crippen molar-refractivity contribution in [2.75, 3.05) is 6.61 Å². The van der Waals surface area contributed by atoms with Crippen molar-refractivity contribution in [3.63, 3.8) is 0 Å². The summed E-state index contributed by atoms with van der Waals surface area (Å²) < 4.78 is 11.8. The zero-order valence-corrected chi connectivity index (χ0v) is 16.9. The Morgan fingerprint density at radius 1 is 1.28 bits per heavy atom. The van der Waals surface area contributed by atoms with Gasteiger partial charge < -0.3 is 9.15 Å². The van der Waals surface area contributed by atoms with Crippen LogP contribution in [0, 0.1) is 17.0 Å². The van der Waals surface area contributed by atoms with E-state index in [0.717, 1.165) is 10.0 Å². The molecule has 0 fully saturated rings. The number of benzene rings is 2. The Balaban J connectivity index is 1.55. The van der Waals surface area contributed by atoms with Gasteiger partial charge in [-0.2, -0.15) is 5.10 Å². The highest BCUT2D eigenvalue weighted by molar-refractivity contribution is 9.10. The number of nitro groups is 1. The lowest BCUT2D eigenvalue weighted by Gasteiger charge is -2.07. The number of hydrogen-bond acceptors (Lipinski definition) is 6. The Kier molecular flexibility index (Phi) is 6.40. The molecule has 0 atom stereocenters. The van der Waals surface area contributed by atoms with Gasteiger partial charge in [-0.1, -0.05) is 18.2 Å². The van der Waals surface area contributed by atoms with Gasteiger partial charge in [0.05, 0.1) is 15.6 Å². The maximum Gasteiger partial charge on any atom is 0.277 e. The SMILES string of the molecule is Cc1ccc(OCC(=O)NN=Cc2ccc(-c3cccc([N+](=O)[O-])c3)o2)c(Br)c1. The molecule has 1 aromatic heterocycles. The molecule has 9 heteroatoms. The quantitative estimate of drug-likeness (QED) is 0.320. The van der Waals surface area contributed by atoms with Crippen LogP contribution in [0.15, 0.2) is 68.6 Å². The van der Waals surface area contributed by atoms with Crippen molar-refractivity contribution in [2.24, 2.45) is 5.10 Å². The van der Waals surface area contributed by atoms with Gasteiger partial charge in [0.1, 0.15) is 17.3 Å². The molecule has 0 aliphatic heterocycles. The first kappa shape index (κ1) is 20.3. The minimum absolute atomic E-state index is 0.0263. The van der Waals surface area contributed by atoms with Gasteiger partial charge in [-0.25, -0.2) is 5.43 Å². The van der Waals surface area contributed by atoms with Crippen LogP contribution in [0.25, 0.3) is 11.3 Å². The number of non-ortho nitro benzene ring substituents is 1. The van der Waals surface area contributed by atoms with Gasteiger partial charge in [0.25, 0.3) is 11.6 Å². The number of hydrazone groups is 1. The topological polar surface area (TPSA) is 107 Å². The van der Waals surface area contributed by atoms with Crippen molar-refractivity contribution in [3.05, 3.63) is 80.5 Å². The van der Waals surface area contributed by atoms with Crippen molar-refractivity contribution in [1.29, 1.82) is 0 Å². The van der Waals surface area contributed by atoms with Crippen molar-refractivity contribution < 1.29 is 18.9 Å². The molecule has 8 nitrogen and oxygen atoms in total. The number of amides is 1. The van der Waals surface area contributed by atoms with Gasteiger partial charge in [0.15, 0.2) is 6.61 Å². The van der Waals surface area contributed by atoms with Crippen molar-refractivity contribution >= 4 is 33.7 Å². The third kappa shape index (κ3) is 5.52. The van der Waals surface area contributed by atoms with Gasteiger partial charge in [-0.05, 0) is 52.7 Å². The van der Waals surface area contributed by atoms with E-state index in [-0.39, 0.29) is 12.3 Å². The number of nitrogens with zero attached hydrogens (tertiary/aromatic N) is 2. The lowest BCUT2D eigenvalue weighted by atomic mass is 10.1. The highest BCUT2D eigenvalue weighted by atomic mass is 79.9. The van der Waals surface area contributed by atoms with E-state index in [9.17, 15) is 14.9 Å². The van der Waals surface area contributed by atoms with Crippen LogP contribution < -0.4 is 10.2 Å². The van der Waals surface area contributed by atoms with Gasteiger partial charge >= 0.3 is 0 Å². The first-order valence-electron chi connectivity index (χ1n) is 8.48. The molecule has 0 radical (unpaired) electrons. The molecule has 0 aliphatic carbocycles. The standard InChI is InChI=1S/C20H16BrN3O5/c1-13-5-7-19(17(21)9-13)28-12-20(25)23-22-11-16-6-8-18(29-16)14-3-2-4-15(10-14)24(26)27/h2-11H,12H2,1H3,(H,23,25). The van der Waals surface area contributed by atoms with Crippen LogP contribution in [0.2, 0.25) is 0 Å². The van der Waals surface area contributed by atoms with Crippen LogP contribution in [0.1, 0.15) is 11.3 Å². The van der Waals surface area contributed by atoms with E-state index >= 15 is 0 Å². The number of hydrogen-bond donors (Lipinski definition) is 1. The number of rotatable bonds is 7. The van der Waals surface area contributed by atoms with E-state index in [0.29, 0.717) is 22.8 Å². The van der Waals surface area contributed by atoms with Crippen LogP contribution in [-0.2, 0) is 4.79 Å². The molecular formula is C20H16BrN3O5. The summed E-state index contributed by atoms with van der Waals surface area (Å²) in [5.41, 5.74) is 3.96. The fraction of sp³-hybridized carbons (Fsp3) is 0.100. The monoisotopic (exact) mass is 457 g/mol. The molecule has 29 heavy (non-hydrogen) atoms. The minimum atomic E-state index is -0.471. The summed E-state index contributed by atoms with van der Waals surface area (Å²) in [5, 5.41) is 14.7. The van der Waals surface area contributed by atoms with Gasteiger partial charge in [0, 0.05) is 17.7 Å². The average Bonchev–Trinajstić information content (AvgIpc) is 3.16. The second-order valence-corrected chi connectivity index (χ2v) is 6.88. The van der Waals surface area contributed by atoms with Crippen molar-refractivity contribution in [1.82, 2.24) is 5.43 Å². The van der Waals surface area contributed by atoms with E-state index in [1.807, 2.05) is 19.1 Å². The predicted molar refractivity (Wildman–Crippen MR) is 111 cm³/mol. The molecule has 1 N–H and O–H groups in total. The Hall–Kier alpha value is -3.46. The normalized spacial score (nSPS) is 10.8. The molecule has 0 saturated carbocycles. The maximum atomic E-state index is 11.9. The number of halogens is 1. The molecule has 0 bridgehead atoms. The number of furan rings is 1. The molecular weight excluding hydrogens is 442 g/mol. The lowest BCUT2D eigenvalue weighted by Crippen LogP contribution is -2.24. The third-order valence-electron chi connectivity index (χ3n) is 3.80. The number of nitrogens with one attached hydrogen (secondary N) is 1. The number of carbonyl (C=O) groups is 1. The highest BCUT2D eigenvalue weighted by Gasteiger charge is 2.10. The fourth-order valence-electron chi connectivity index (χ4n) is 2.42. The number of nitro benzene ring substituents is 1. The van der Waals surface area contributed by atoms with E-state index in [1.54, 1.807) is 30.3 Å². The van der Waals surface area contributed by atoms with Crippen LogP contribution in [0.5, 0.6) is 5.75 Å². The number of carbonyl (C=O) groups excluding carboxylic acids is 1. The van der Waals surface area contributed by atoms with Crippen LogP contribution >= 0.6 is 15.9 Å². The summed E-state index contributed by atoms with van der Waals surface area (Å²) in [4.78, 5) is 22.3. The first-order valence-corrected chi connectivity index (χ1v) is 9.27. The summed E-state index contributed by atoms with van der Waals surface area (Å²) in [6.45, 7) is 1.76. The summed E-state index contributed by atoms with van der Waals surface area (Å²) in [7, 11) is 0. The second kappa shape index (κ2) is 9.16. The smallest absolute Gasteiger partial charge is 0.277 e. The van der Waals surface area contributed by atoms with Gasteiger partial charge in [0.2, 0.25) is 0 Å². The molecule has 3 rings (SSSR count). The van der Waals surface area contributed by atoms with Gasteiger partial charge in [-0.3, -0.25) is 14.9 Å². The second-order valence-electron chi connectivity index (χ2n) is 6.03. The third-order valence-corrected chi connectivity index (χ3v) is 4.42. The van der Waals surface area contributed by atoms with Crippen LogP contribution in [0.3, 0.4) is 0 Å². The Labute approximate surface area is 174 Å². The zero-order valence-electron chi connectivity index (χ0n) is 15.3. The van der Waals surface area contributed by atoms with Gasteiger partial charge in [-0.15, -0.1) is 0 Å². The minimum Gasteiger partial charge on any atom is -0.483 e. The Morgan fingerprint density at radius 2 is 2.10 bits per heavy atom. The van der Waals surface area contributed by atoms with E-state index in [2.05, 4.69) is 26.5 Å². The molecule has 1 heterocycles. The summed E-state index contributed by atoms with van der Waals surface area (Å²) in [5.74, 6) is 0.963. The van der Waals surface area contributed by atoms with Crippen LogP contribution in [-0.4, -0.2) is 23.7 Å². The summed E-state index contributed by atoms with van der Waals surface area (Å²) in [6, 6.07) is 15.0. The highest BCUT2D eigenvalue weighted by Crippen LogP contribution is 2.26. The molecule has 2 aromatic carbocycles. The first-order chi connectivity index (χ1) is 13.9. The molecule has 148 valence electrons. The van der Waals surface area contributed by atoms with E-state index < -0.39 is 10.8 Å². The largest absolute Gasteiger partial charge is 0.483 e.